The molecule has 16 heteroatoms. The summed E-state index contributed by atoms with van der Waals surface area (Å²) >= 11 is 0. The first kappa shape index (κ1) is 31.9. The molecule has 0 unspecified atom stereocenters. The van der Waals surface area contributed by atoms with Crippen molar-refractivity contribution in [2.45, 2.75) is 55.4 Å². The summed E-state index contributed by atoms with van der Waals surface area (Å²) in [4.78, 5) is 16.9. The van der Waals surface area contributed by atoms with Gasteiger partial charge >= 0.3 is 12.4 Å². The van der Waals surface area contributed by atoms with Crippen LogP contribution in [-0.2, 0) is 37.3 Å². The van der Waals surface area contributed by atoms with Gasteiger partial charge in [-0.1, -0.05) is 18.2 Å². The van der Waals surface area contributed by atoms with Gasteiger partial charge in [0.05, 0.1) is 28.4 Å². The molecule has 1 fully saturated rings. The second-order valence-electron chi connectivity index (χ2n) is 10.3. The topological polar surface area (TPSA) is 113 Å². The second kappa shape index (κ2) is 11.3. The van der Waals surface area contributed by atoms with Crippen LogP contribution in [0.2, 0.25) is 0 Å². The molecule has 1 amide bonds. The van der Waals surface area contributed by atoms with Gasteiger partial charge in [0, 0.05) is 18.7 Å². The molecule has 8 nitrogen and oxygen atoms in total. The van der Waals surface area contributed by atoms with Gasteiger partial charge in [0.2, 0.25) is 10.0 Å². The number of sulfonamides is 1. The largest absolute Gasteiger partial charge is 0.416 e. The normalized spacial score (nSPS) is 18.3. The lowest BCUT2D eigenvalue weighted by molar-refractivity contribution is -0.137. The maximum Gasteiger partial charge on any atom is 0.416 e. The number of rotatable bonds is 8. The zero-order valence-electron chi connectivity index (χ0n) is 22.2. The second-order valence-corrected chi connectivity index (χ2v) is 14.5. The van der Waals surface area contributed by atoms with E-state index in [4.69, 9.17) is 0 Å². The molecule has 2 aromatic carbocycles. The number of benzene rings is 2. The number of carbonyl (C=O) groups is 1. The van der Waals surface area contributed by atoms with E-state index >= 15 is 0 Å². The number of hydrogen-bond donors (Lipinski definition) is 1. The van der Waals surface area contributed by atoms with Crippen LogP contribution in [0.5, 0.6) is 0 Å². The monoisotopic (exact) mass is 639 g/mol. The van der Waals surface area contributed by atoms with Crippen molar-refractivity contribution >= 4 is 31.6 Å². The highest BCUT2D eigenvalue weighted by Gasteiger charge is 2.47. The molecule has 230 valence electrons. The van der Waals surface area contributed by atoms with E-state index in [1.54, 1.807) is 0 Å². The molecule has 1 N–H and O–H groups in total. The quantitative estimate of drug-likeness (QED) is 0.439. The van der Waals surface area contributed by atoms with E-state index in [1.165, 1.54) is 35.5 Å². The summed E-state index contributed by atoms with van der Waals surface area (Å²) in [6.07, 6.45) is -10.6. The maximum atomic E-state index is 13.1. The predicted octanol–water partition coefficient (Wildman–Crippen LogP) is 4.02. The molecular formula is C26H27F6N3O5S2. The number of alkyl halides is 6. The third kappa shape index (κ3) is 7.14. The number of piperidine rings is 1. The Hall–Kier alpha value is -2.98. The molecular weight excluding hydrogens is 612 g/mol. The van der Waals surface area contributed by atoms with Crippen molar-refractivity contribution in [1.29, 1.82) is 0 Å². The van der Waals surface area contributed by atoms with Crippen molar-refractivity contribution in [2.75, 3.05) is 24.6 Å². The standard InChI is InChI=1S/C26H27F6N3O5S2/c1-17-15-21(41(37,38)14-10-25(27,28)29)6-5-18(17)7-13-42(39,40)35-11-8-24(9-12-35)23(36)33-22(34-24)19-3-2-4-20(16-19)26(30,31)32/h2-6,15-16H,7-14H2,1H3,(H,33,34,36). The van der Waals surface area contributed by atoms with E-state index in [0.717, 1.165) is 18.2 Å². The Morgan fingerprint density at radius 1 is 0.952 bits per heavy atom. The molecule has 2 heterocycles. The molecule has 0 aliphatic carbocycles. The number of halogens is 6. The summed E-state index contributed by atoms with van der Waals surface area (Å²) in [5.74, 6) is -1.97. The minimum Gasteiger partial charge on any atom is -0.308 e. The van der Waals surface area contributed by atoms with Crippen LogP contribution in [0.4, 0.5) is 26.3 Å². The molecule has 1 saturated heterocycles. The van der Waals surface area contributed by atoms with Gasteiger partial charge in [-0.25, -0.2) is 21.1 Å². The highest BCUT2D eigenvalue weighted by atomic mass is 32.2. The van der Waals surface area contributed by atoms with Crippen LogP contribution in [-0.4, -0.2) is 69.2 Å². The van der Waals surface area contributed by atoms with Gasteiger partial charge in [-0.05, 0) is 61.6 Å². The number of amides is 1. The SMILES string of the molecule is Cc1cc(S(=O)(=O)CCC(F)(F)F)ccc1CCS(=O)(=O)N1CCC2(CC1)N=C(c1cccc(C(F)(F)F)c1)NC2=O. The van der Waals surface area contributed by atoms with Crippen LogP contribution in [0.25, 0.3) is 0 Å². The molecule has 0 saturated carbocycles. The Kier molecular flexibility index (Phi) is 8.57. The molecule has 0 bridgehead atoms. The van der Waals surface area contributed by atoms with E-state index in [2.05, 4.69) is 10.3 Å². The fourth-order valence-electron chi connectivity index (χ4n) is 4.85. The average molecular weight is 640 g/mol. The van der Waals surface area contributed by atoms with Gasteiger partial charge in [0.1, 0.15) is 11.4 Å². The summed E-state index contributed by atoms with van der Waals surface area (Å²) in [5, 5.41) is 2.52. The van der Waals surface area contributed by atoms with Crippen molar-refractivity contribution in [3.63, 3.8) is 0 Å². The van der Waals surface area contributed by atoms with Crippen molar-refractivity contribution < 1.29 is 48.0 Å². The number of nitrogens with zero attached hydrogens (tertiary/aromatic N) is 2. The molecule has 0 atom stereocenters. The zero-order chi connectivity index (χ0) is 31.1. The van der Waals surface area contributed by atoms with Gasteiger partial charge < -0.3 is 5.32 Å². The molecule has 4 rings (SSSR count). The lowest BCUT2D eigenvalue weighted by Crippen LogP contribution is -2.50. The fourth-order valence-corrected chi connectivity index (χ4v) is 7.69. The lowest BCUT2D eigenvalue weighted by atomic mass is 9.89. The van der Waals surface area contributed by atoms with Crippen LogP contribution < -0.4 is 5.32 Å². The van der Waals surface area contributed by atoms with Gasteiger partial charge in [-0.3, -0.25) is 9.79 Å². The first-order chi connectivity index (χ1) is 19.3. The molecule has 2 aliphatic heterocycles. The van der Waals surface area contributed by atoms with Gasteiger partial charge in [-0.15, -0.1) is 0 Å². The van der Waals surface area contributed by atoms with Crippen molar-refractivity contribution in [1.82, 2.24) is 9.62 Å². The van der Waals surface area contributed by atoms with Crippen LogP contribution in [0.3, 0.4) is 0 Å². The Morgan fingerprint density at radius 2 is 1.62 bits per heavy atom. The van der Waals surface area contributed by atoms with E-state index in [9.17, 15) is 48.0 Å². The van der Waals surface area contributed by atoms with Crippen LogP contribution in [0.1, 0.15) is 41.5 Å². The third-order valence-electron chi connectivity index (χ3n) is 7.34. The van der Waals surface area contributed by atoms with Gasteiger partial charge in [0.25, 0.3) is 5.91 Å². The lowest BCUT2D eigenvalue weighted by Gasteiger charge is -2.34. The van der Waals surface area contributed by atoms with E-state index < -0.39 is 61.4 Å². The van der Waals surface area contributed by atoms with Gasteiger partial charge in [-0.2, -0.15) is 26.3 Å². The smallest absolute Gasteiger partial charge is 0.308 e. The summed E-state index contributed by atoms with van der Waals surface area (Å²) in [6, 6.07) is 8.12. The zero-order valence-corrected chi connectivity index (χ0v) is 23.9. The third-order valence-corrected chi connectivity index (χ3v) is 10.9. The Morgan fingerprint density at radius 3 is 2.21 bits per heavy atom. The first-order valence-corrected chi connectivity index (χ1v) is 16.0. The molecule has 2 aliphatic rings. The number of aryl methyl sites for hydroxylation is 2. The summed E-state index contributed by atoms with van der Waals surface area (Å²) < 4.78 is 129. The minimum atomic E-state index is -4.62. The van der Waals surface area contributed by atoms with Crippen LogP contribution in [0.15, 0.2) is 52.4 Å². The number of amidine groups is 1. The van der Waals surface area contributed by atoms with Crippen molar-refractivity contribution in [3.05, 3.63) is 64.7 Å². The minimum absolute atomic E-state index is 0.0109. The maximum absolute atomic E-state index is 13.1. The predicted molar refractivity (Wildman–Crippen MR) is 141 cm³/mol. The van der Waals surface area contributed by atoms with E-state index in [1.807, 2.05) is 0 Å². The van der Waals surface area contributed by atoms with Crippen molar-refractivity contribution in [2.24, 2.45) is 4.99 Å². The highest BCUT2D eigenvalue weighted by Crippen LogP contribution is 2.34. The Bertz CT molecular complexity index is 1610. The average Bonchev–Trinajstić information content (AvgIpc) is 3.21. The molecule has 0 aromatic heterocycles. The fraction of sp³-hybridized carbons (Fsp3) is 0.462. The first-order valence-electron chi connectivity index (χ1n) is 12.8. The molecule has 42 heavy (non-hydrogen) atoms. The van der Waals surface area contributed by atoms with Crippen molar-refractivity contribution in [3.8, 4) is 0 Å². The van der Waals surface area contributed by atoms with E-state index in [0.29, 0.717) is 11.1 Å². The number of nitrogens with one attached hydrogen (secondary N) is 1. The van der Waals surface area contributed by atoms with Crippen LogP contribution in [0, 0.1) is 6.92 Å². The number of aliphatic imine (C=N–C) groups is 1. The highest BCUT2D eigenvalue weighted by molar-refractivity contribution is 7.91. The number of sulfone groups is 1. The summed E-state index contributed by atoms with van der Waals surface area (Å²) in [5.41, 5.74) is -1.20. The number of carbonyl (C=O) groups excluding carboxylic acids is 1. The summed E-state index contributed by atoms with van der Waals surface area (Å²) in [6.45, 7) is 1.43. The van der Waals surface area contributed by atoms with Gasteiger partial charge in [0.15, 0.2) is 9.84 Å². The molecule has 0 radical (unpaired) electrons. The molecule has 1 spiro atoms. The Balaban J connectivity index is 1.39. The van der Waals surface area contributed by atoms with Crippen LogP contribution >= 0.6 is 0 Å². The van der Waals surface area contributed by atoms with E-state index in [-0.39, 0.29) is 54.4 Å². The Labute approximate surface area is 238 Å². The molecule has 2 aromatic rings. The summed E-state index contributed by atoms with van der Waals surface area (Å²) in [7, 11) is -8.01. The number of hydrogen-bond acceptors (Lipinski definition) is 6.